The van der Waals surface area contributed by atoms with E-state index in [1.807, 2.05) is 0 Å². The highest BCUT2D eigenvalue weighted by molar-refractivity contribution is 5.45. The van der Waals surface area contributed by atoms with Gasteiger partial charge in [0.25, 0.3) is 0 Å². The highest BCUT2D eigenvalue weighted by Crippen LogP contribution is 2.39. The van der Waals surface area contributed by atoms with Crippen LogP contribution in [0.5, 0.6) is 5.75 Å². The fraction of sp³-hybridized carbons (Fsp3) is 0.647. The summed E-state index contributed by atoms with van der Waals surface area (Å²) >= 11 is 0. The molecule has 2 aliphatic heterocycles. The van der Waals surface area contributed by atoms with Crippen LogP contribution < -0.4 is 4.74 Å². The summed E-state index contributed by atoms with van der Waals surface area (Å²) in [6.07, 6.45) is 0.458. The monoisotopic (exact) mass is 306 g/mol. The van der Waals surface area contributed by atoms with Crippen LogP contribution in [0.2, 0.25) is 0 Å². The molecule has 1 aromatic rings. The Hall–Kier alpha value is -1.14. The number of hydrogen-bond donors (Lipinski definition) is 2. The van der Waals surface area contributed by atoms with Gasteiger partial charge in [0.2, 0.25) is 0 Å². The van der Waals surface area contributed by atoms with Crippen LogP contribution in [-0.2, 0) is 6.42 Å². The second-order valence-corrected chi connectivity index (χ2v) is 6.11. The summed E-state index contributed by atoms with van der Waals surface area (Å²) in [7, 11) is 0. The molecule has 122 valence electrons. The number of nitrogens with zero attached hydrogens (tertiary/aromatic N) is 2. The molecule has 3 rings (SSSR count). The van der Waals surface area contributed by atoms with E-state index in [1.54, 1.807) is 0 Å². The van der Waals surface area contributed by atoms with Crippen molar-refractivity contribution < 1.29 is 14.9 Å². The van der Waals surface area contributed by atoms with Gasteiger partial charge in [-0.2, -0.15) is 0 Å². The molecule has 2 aliphatic rings. The van der Waals surface area contributed by atoms with E-state index in [0.717, 1.165) is 50.5 Å². The highest BCUT2D eigenvalue weighted by atomic mass is 16.5. The van der Waals surface area contributed by atoms with Crippen molar-refractivity contribution in [1.29, 1.82) is 0 Å². The first-order chi connectivity index (χ1) is 10.7. The van der Waals surface area contributed by atoms with Gasteiger partial charge >= 0.3 is 0 Å². The molecular weight excluding hydrogens is 280 g/mol. The molecule has 2 heterocycles. The summed E-state index contributed by atoms with van der Waals surface area (Å²) in [5, 5.41) is 19.5. The number of piperazine rings is 1. The molecule has 22 heavy (non-hydrogen) atoms. The summed E-state index contributed by atoms with van der Waals surface area (Å²) in [6.45, 7) is 7.15. The number of aliphatic hydroxyl groups excluding tert-OH is 2. The number of para-hydroxylation sites is 1. The number of hydrogen-bond acceptors (Lipinski definition) is 5. The lowest BCUT2D eigenvalue weighted by atomic mass is 9.93. The first-order valence-electron chi connectivity index (χ1n) is 8.24. The van der Waals surface area contributed by atoms with Crippen LogP contribution in [-0.4, -0.2) is 72.1 Å². The van der Waals surface area contributed by atoms with Crippen LogP contribution in [0.15, 0.2) is 18.2 Å². The van der Waals surface area contributed by atoms with E-state index in [2.05, 4.69) is 34.9 Å². The minimum atomic E-state index is -0.482. The number of aryl methyl sites for hydroxylation is 1. The molecule has 5 nitrogen and oxygen atoms in total. The molecule has 0 saturated carbocycles. The van der Waals surface area contributed by atoms with Crippen LogP contribution in [0.4, 0.5) is 0 Å². The Labute approximate surface area is 132 Å². The summed E-state index contributed by atoms with van der Waals surface area (Å²) < 4.78 is 5.82. The fourth-order valence-electron chi connectivity index (χ4n) is 3.61. The highest BCUT2D eigenvalue weighted by Gasteiger charge is 2.36. The van der Waals surface area contributed by atoms with Crippen LogP contribution in [0.1, 0.15) is 24.1 Å². The van der Waals surface area contributed by atoms with Crippen molar-refractivity contribution >= 4 is 0 Å². The average Bonchev–Trinajstić information content (AvgIpc) is 2.55. The molecule has 0 aromatic heterocycles. The minimum Gasteiger partial charge on any atom is -0.490 e. The predicted octanol–water partition coefficient (Wildman–Crippen LogP) is 0.653. The van der Waals surface area contributed by atoms with Gasteiger partial charge in [0.05, 0.1) is 12.6 Å². The van der Waals surface area contributed by atoms with Gasteiger partial charge in [-0.25, -0.2) is 0 Å². The topological polar surface area (TPSA) is 56.2 Å². The zero-order valence-electron chi connectivity index (χ0n) is 13.2. The van der Waals surface area contributed by atoms with Gasteiger partial charge in [0, 0.05) is 38.3 Å². The third kappa shape index (κ3) is 2.99. The molecule has 0 bridgehead atoms. The molecule has 0 spiro atoms. The van der Waals surface area contributed by atoms with Gasteiger partial charge in [-0.15, -0.1) is 0 Å². The van der Waals surface area contributed by atoms with Crippen molar-refractivity contribution in [1.82, 2.24) is 9.80 Å². The quantitative estimate of drug-likeness (QED) is 0.855. The third-order valence-corrected chi connectivity index (χ3v) is 4.81. The number of β-amino-alcohol motifs (C(OH)–C–C–N with tert-alkyl or cyclic N) is 1. The lowest BCUT2D eigenvalue weighted by molar-refractivity contribution is -0.0197. The Bertz CT molecular complexity index is 501. The van der Waals surface area contributed by atoms with E-state index in [9.17, 15) is 5.11 Å². The van der Waals surface area contributed by atoms with Crippen molar-refractivity contribution in [2.45, 2.75) is 25.5 Å². The Balaban J connectivity index is 1.80. The second kappa shape index (κ2) is 6.96. The zero-order chi connectivity index (χ0) is 15.5. The number of aliphatic hydroxyl groups is 2. The van der Waals surface area contributed by atoms with Gasteiger partial charge < -0.3 is 14.9 Å². The van der Waals surface area contributed by atoms with E-state index in [0.29, 0.717) is 6.61 Å². The SMILES string of the molecule is CCc1cccc2c1OCC(O)C2N1CCN(CCO)CC1. The van der Waals surface area contributed by atoms with Crippen molar-refractivity contribution in [3.05, 3.63) is 29.3 Å². The van der Waals surface area contributed by atoms with Crippen LogP contribution >= 0.6 is 0 Å². The van der Waals surface area contributed by atoms with Gasteiger partial charge in [0.1, 0.15) is 18.5 Å². The maximum Gasteiger partial charge on any atom is 0.127 e. The van der Waals surface area contributed by atoms with Crippen LogP contribution in [0, 0.1) is 0 Å². The standard InChI is InChI=1S/C17H26N2O3/c1-2-13-4-3-5-14-16(15(21)12-22-17(13)14)19-8-6-18(7-9-19)10-11-20/h3-5,15-16,20-21H,2,6-12H2,1H3. The minimum absolute atomic E-state index is 0.0199. The summed E-state index contributed by atoms with van der Waals surface area (Å²) in [5.41, 5.74) is 2.34. The number of ether oxygens (including phenoxy) is 1. The third-order valence-electron chi connectivity index (χ3n) is 4.81. The maximum atomic E-state index is 10.5. The molecular formula is C17H26N2O3. The van der Waals surface area contributed by atoms with E-state index >= 15 is 0 Å². The van der Waals surface area contributed by atoms with E-state index in [4.69, 9.17) is 9.84 Å². The van der Waals surface area contributed by atoms with Gasteiger partial charge in [-0.3, -0.25) is 9.80 Å². The number of fused-ring (bicyclic) bond motifs is 1. The maximum absolute atomic E-state index is 10.5. The van der Waals surface area contributed by atoms with E-state index in [1.165, 1.54) is 5.56 Å². The number of benzene rings is 1. The Morgan fingerprint density at radius 1 is 1.23 bits per heavy atom. The Morgan fingerprint density at radius 2 is 2.00 bits per heavy atom. The van der Waals surface area contributed by atoms with E-state index in [-0.39, 0.29) is 12.6 Å². The van der Waals surface area contributed by atoms with E-state index < -0.39 is 6.10 Å². The predicted molar refractivity (Wildman–Crippen MR) is 85.2 cm³/mol. The zero-order valence-corrected chi connectivity index (χ0v) is 13.2. The first-order valence-corrected chi connectivity index (χ1v) is 8.24. The molecule has 1 fully saturated rings. The summed E-state index contributed by atoms with van der Waals surface area (Å²) in [6, 6.07) is 6.27. The van der Waals surface area contributed by atoms with Crippen molar-refractivity contribution in [2.24, 2.45) is 0 Å². The van der Waals surface area contributed by atoms with Crippen molar-refractivity contribution in [2.75, 3.05) is 45.9 Å². The largest absolute Gasteiger partial charge is 0.490 e. The molecule has 0 amide bonds. The normalized spacial score (nSPS) is 26.5. The molecule has 1 saturated heterocycles. The molecule has 2 unspecified atom stereocenters. The van der Waals surface area contributed by atoms with Crippen LogP contribution in [0.3, 0.4) is 0 Å². The Kier molecular flexibility index (Phi) is 4.98. The lowest BCUT2D eigenvalue weighted by Crippen LogP contribution is -2.52. The first kappa shape index (κ1) is 15.7. The molecule has 5 heteroatoms. The van der Waals surface area contributed by atoms with Gasteiger partial charge in [-0.1, -0.05) is 25.1 Å². The fourth-order valence-corrected chi connectivity index (χ4v) is 3.61. The molecule has 2 atom stereocenters. The summed E-state index contributed by atoms with van der Waals surface area (Å²) in [5.74, 6) is 0.970. The van der Waals surface area contributed by atoms with Gasteiger partial charge in [-0.05, 0) is 12.0 Å². The molecule has 0 radical (unpaired) electrons. The average molecular weight is 306 g/mol. The molecule has 2 N–H and O–H groups in total. The van der Waals surface area contributed by atoms with Crippen LogP contribution in [0.25, 0.3) is 0 Å². The summed E-state index contributed by atoms with van der Waals surface area (Å²) in [4.78, 5) is 4.63. The molecule has 0 aliphatic carbocycles. The van der Waals surface area contributed by atoms with Crippen molar-refractivity contribution in [3.63, 3.8) is 0 Å². The number of rotatable bonds is 4. The van der Waals surface area contributed by atoms with Crippen molar-refractivity contribution in [3.8, 4) is 5.75 Å². The lowest BCUT2D eigenvalue weighted by Gasteiger charge is -2.43. The second-order valence-electron chi connectivity index (χ2n) is 6.11. The Morgan fingerprint density at radius 3 is 2.68 bits per heavy atom. The smallest absolute Gasteiger partial charge is 0.127 e. The van der Waals surface area contributed by atoms with Gasteiger partial charge in [0.15, 0.2) is 0 Å². The molecule has 1 aromatic carbocycles.